The highest BCUT2D eigenvalue weighted by molar-refractivity contribution is 5.59. The van der Waals surface area contributed by atoms with E-state index in [9.17, 15) is 86.5 Å². The summed E-state index contributed by atoms with van der Waals surface area (Å²) < 4.78 is 25.8. The predicted octanol–water partition coefficient (Wildman–Crippen LogP) is -11.2. The Morgan fingerprint density at radius 1 is 0.696 bits per heavy atom. The maximum atomic E-state index is 11.5. The Bertz CT molecular complexity index is 974. The first-order valence-corrected chi connectivity index (χ1v) is 13.9. The van der Waals surface area contributed by atoms with Crippen molar-refractivity contribution in [1.29, 1.82) is 0 Å². The van der Waals surface area contributed by atoms with Crippen molar-refractivity contribution in [2.24, 2.45) is 0 Å². The van der Waals surface area contributed by atoms with Gasteiger partial charge in [-0.05, 0) is 0 Å². The Kier molecular flexibility index (Phi) is 13.3. The maximum absolute atomic E-state index is 11.5. The second-order valence-electron chi connectivity index (χ2n) is 11.3. The van der Waals surface area contributed by atoms with E-state index in [1.807, 2.05) is 0 Å². The fourth-order valence-corrected chi connectivity index (χ4v) is 5.35. The molecule has 46 heavy (non-hydrogen) atoms. The molecule has 3 rings (SSSR count). The smallest absolute Gasteiger partial charge is 0.230 e. The molecule has 0 aromatic heterocycles. The van der Waals surface area contributed by atoms with Gasteiger partial charge in [0.05, 0.1) is 26.4 Å². The number of aldehydes is 1. The average Bonchev–Trinajstić information content (AvgIpc) is 3.05. The van der Waals surface area contributed by atoms with Gasteiger partial charge in [0.2, 0.25) is 5.79 Å². The number of carbonyl (C=O) groups is 1. The van der Waals surface area contributed by atoms with Crippen molar-refractivity contribution in [2.45, 2.75) is 116 Å². The first-order chi connectivity index (χ1) is 21.4. The summed E-state index contributed by atoms with van der Waals surface area (Å²) in [5.74, 6) is -3.76. The molecule has 3 aliphatic rings. The Balaban J connectivity index is 1.73. The molecule has 16 N–H and O–H groups in total. The van der Waals surface area contributed by atoms with Crippen LogP contribution in [0, 0.1) is 0 Å². The van der Waals surface area contributed by atoms with Crippen molar-refractivity contribution in [3.8, 4) is 0 Å². The van der Waals surface area contributed by atoms with E-state index in [1.54, 1.807) is 0 Å². The number of hydrogen-bond donors (Lipinski definition) is 16. The SMILES string of the molecule is O=C[C@H](O)[C@@](O)([C@H](O)[C@H](O)CO[C@H]1O[C@H](CO[C@H]2O[C@H](CO)C(O)C(O)C2O)[C@@H](O)[C@H](O)C1O)C1(O)O[C@H](CO)[C@@H](O)[C@H](O)[C@H]1O. The van der Waals surface area contributed by atoms with Crippen molar-refractivity contribution in [2.75, 3.05) is 26.4 Å². The molecule has 0 saturated carbocycles. The number of aliphatic hydroxyl groups is 16. The summed E-state index contributed by atoms with van der Waals surface area (Å²) >= 11 is 0. The second kappa shape index (κ2) is 15.6. The van der Waals surface area contributed by atoms with Crippen LogP contribution < -0.4 is 0 Å². The molecular weight excluding hydrogens is 640 g/mol. The Hall–Kier alpha value is -1.17. The highest BCUT2D eigenvalue weighted by atomic mass is 16.7. The normalized spacial score (nSPS) is 47.0. The van der Waals surface area contributed by atoms with Gasteiger partial charge in [-0.1, -0.05) is 0 Å². The molecule has 0 amide bonds. The molecule has 0 aromatic carbocycles. The molecule has 0 spiro atoms. The van der Waals surface area contributed by atoms with Gasteiger partial charge in [0.1, 0.15) is 91.6 Å². The van der Waals surface area contributed by atoms with Gasteiger partial charge in [-0.15, -0.1) is 0 Å². The van der Waals surface area contributed by atoms with Crippen molar-refractivity contribution < 1.29 is 110 Å². The van der Waals surface area contributed by atoms with Gasteiger partial charge in [-0.3, -0.25) is 0 Å². The van der Waals surface area contributed by atoms with Crippen molar-refractivity contribution in [3.05, 3.63) is 0 Å². The standard InChI is InChI=1S/C24H42O22/c25-1-7-11(30)14(33)17(36)22(44-7)43-5-9-13(32)15(34)18(37)21(45-9)42-4-6(28)19(38)23(40,10(29)3-27)24(41)20(39)16(35)12(31)8(2-26)46-24/h3,6-22,25-26,28-41H,1-2,4-5H2/t6-,7-,8-,9-,10+,11?,12-,13-,14?,15+,16+,17?,18?,19-,20-,21+,22+,23-,24?/m1/s1. The molecule has 3 fully saturated rings. The Labute approximate surface area is 259 Å². The highest BCUT2D eigenvalue weighted by Gasteiger charge is 2.69. The van der Waals surface area contributed by atoms with Gasteiger partial charge in [-0.2, -0.15) is 0 Å². The van der Waals surface area contributed by atoms with Crippen LogP contribution >= 0.6 is 0 Å². The zero-order valence-corrected chi connectivity index (χ0v) is 23.8. The van der Waals surface area contributed by atoms with Crippen molar-refractivity contribution >= 4 is 6.29 Å². The second-order valence-corrected chi connectivity index (χ2v) is 11.3. The summed E-state index contributed by atoms with van der Waals surface area (Å²) in [5.41, 5.74) is -3.82. The fraction of sp³-hybridized carbons (Fsp3) is 0.958. The minimum absolute atomic E-state index is 0.456. The zero-order valence-electron chi connectivity index (χ0n) is 23.8. The first-order valence-electron chi connectivity index (χ1n) is 13.9. The van der Waals surface area contributed by atoms with E-state index in [4.69, 9.17) is 23.7 Å². The average molecular weight is 683 g/mol. The lowest BCUT2D eigenvalue weighted by atomic mass is 9.73. The van der Waals surface area contributed by atoms with Crippen molar-refractivity contribution in [1.82, 2.24) is 0 Å². The Morgan fingerprint density at radius 3 is 1.70 bits per heavy atom. The van der Waals surface area contributed by atoms with Crippen LogP contribution in [0.25, 0.3) is 0 Å². The molecule has 0 radical (unpaired) electrons. The van der Waals surface area contributed by atoms with Gasteiger partial charge in [0.15, 0.2) is 24.5 Å². The fourth-order valence-electron chi connectivity index (χ4n) is 5.35. The topological polar surface area (TPSA) is 387 Å². The van der Waals surface area contributed by atoms with Gasteiger partial charge >= 0.3 is 0 Å². The van der Waals surface area contributed by atoms with Crippen LogP contribution in [0.2, 0.25) is 0 Å². The lowest BCUT2D eigenvalue weighted by Crippen LogP contribution is -2.80. The number of aliphatic hydroxyl groups excluding tert-OH is 14. The highest BCUT2D eigenvalue weighted by Crippen LogP contribution is 2.41. The summed E-state index contributed by atoms with van der Waals surface area (Å²) in [6.07, 6.45) is -36.0. The lowest BCUT2D eigenvalue weighted by Gasteiger charge is -2.54. The minimum atomic E-state index is -3.82. The number of carbonyl (C=O) groups excluding carboxylic acids is 1. The van der Waals surface area contributed by atoms with E-state index in [0.29, 0.717) is 0 Å². The zero-order chi connectivity index (χ0) is 34.9. The molecule has 3 saturated heterocycles. The van der Waals surface area contributed by atoms with Crippen LogP contribution in [0.15, 0.2) is 0 Å². The largest absolute Gasteiger partial charge is 0.394 e. The van der Waals surface area contributed by atoms with Crippen LogP contribution in [-0.2, 0) is 28.5 Å². The first kappa shape index (κ1) is 39.3. The van der Waals surface area contributed by atoms with Crippen LogP contribution in [-0.4, -0.2) is 230 Å². The molecule has 0 aliphatic carbocycles. The number of hydrogen-bond acceptors (Lipinski definition) is 22. The monoisotopic (exact) mass is 682 g/mol. The van der Waals surface area contributed by atoms with Gasteiger partial charge in [-0.25, -0.2) is 0 Å². The van der Waals surface area contributed by atoms with Crippen LogP contribution in [0.1, 0.15) is 0 Å². The molecule has 3 heterocycles. The van der Waals surface area contributed by atoms with Crippen molar-refractivity contribution in [3.63, 3.8) is 0 Å². The molecule has 19 atom stereocenters. The quantitative estimate of drug-likeness (QED) is 0.0801. The number of rotatable bonds is 13. The predicted molar refractivity (Wildman–Crippen MR) is 136 cm³/mol. The minimum Gasteiger partial charge on any atom is -0.394 e. The number of ether oxygens (including phenoxy) is 5. The lowest BCUT2D eigenvalue weighted by molar-refractivity contribution is -0.424. The maximum Gasteiger partial charge on any atom is 0.230 e. The molecule has 270 valence electrons. The van der Waals surface area contributed by atoms with E-state index in [0.717, 1.165) is 0 Å². The van der Waals surface area contributed by atoms with E-state index >= 15 is 0 Å². The van der Waals surface area contributed by atoms with E-state index in [1.165, 1.54) is 0 Å². The van der Waals surface area contributed by atoms with Crippen LogP contribution in [0.4, 0.5) is 0 Å². The molecule has 5 unspecified atom stereocenters. The summed E-state index contributed by atoms with van der Waals surface area (Å²) in [7, 11) is 0. The Morgan fingerprint density at radius 2 is 1.17 bits per heavy atom. The summed E-state index contributed by atoms with van der Waals surface area (Å²) in [4.78, 5) is 11.5. The van der Waals surface area contributed by atoms with Gasteiger partial charge in [0, 0.05) is 0 Å². The van der Waals surface area contributed by atoms with E-state index < -0.39 is 148 Å². The summed E-state index contributed by atoms with van der Waals surface area (Å²) in [6, 6.07) is 0. The summed E-state index contributed by atoms with van der Waals surface area (Å²) in [6.45, 7) is -3.93. The molecule has 22 heteroatoms. The summed E-state index contributed by atoms with van der Waals surface area (Å²) in [5, 5.41) is 164. The molecule has 0 bridgehead atoms. The van der Waals surface area contributed by atoms with Gasteiger partial charge < -0.3 is 110 Å². The van der Waals surface area contributed by atoms with Crippen LogP contribution in [0.3, 0.4) is 0 Å². The molecular formula is C24H42O22. The van der Waals surface area contributed by atoms with E-state index in [2.05, 4.69) is 0 Å². The third-order valence-corrected chi connectivity index (χ3v) is 8.31. The third-order valence-electron chi connectivity index (χ3n) is 8.31. The van der Waals surface area contributed by atoms with Crippen LogP contribution in [0.5, 0.6) is 0 Å². The molecule has 3 aliphatic heterocycles. The van der Waals surface area contributed by atoms with Gasteiger partial charge in [0.25, 0.3) is 0 Å². The molecule has 22 nitrogen and oxygen atoms in total. The molecule has 0 aromatic rings. The van der Waals surface area contributed by atoms with E-state index in [-0.39, 0.29) is 0 Å². The third kappa shape index (κ3) is 7.09.